The number of hydrogen-bond acceptors (Lipinski definition) is 3. The first-order chi connectivity index (χ1) is 13.9. The highest BCUT2D eigenvalue weighted by Gasteiger charge is 2.57. The number of carbonyl (C=O) groups excluding carboxylic acids is 3. The minimum Gasteiger partial charge on any atom is -0.333 e. The van der Waals surface area contributed by atoms with Crippen LogP contribution in [0.15, 0.2) is 11.6 Å². The van der Waals surface area contributed by atoms with Gasteiger partial charge in [-0.1, -0.05) is 25.8 Å². The van der Waals surface area contributed by atoms with E-state index in [4.69, 9.17) is 0 Å². The Morgan fingerprint density at radius 3 is 2.50 bits per heavy atom. The van der Waals surface area contributed by atoms with E-state index in [1.165, 1.54) is 44.1 Å². The lowest BCUT2D eigenvalue weighted by atomic mass is 9.47. The summed E-state index contributed by atoms with van der Waals surface area (Å²) < 4.78 is 0. The fraction of sp³-hybridized carbons (Fsp3) is 0.800. The maximum absolute atomic E-state index is 12.9. The molecule has 4 aliphatic carbocycles. The standard InChI is InChI=1S/C25H38N2O3/c1-23(2,3)27-22(30)26-21(29)17-14-25(5)15(13-20(17)28)8-9-16-18-7-6-11-24(18,4)12-10-19(16)25/h13,16-19H,6-12,14H2,1-5H3,(H2,26,27,29,30)/t16-,17?,18-,19+,24-,25-/m0/s1. The Balaban J connectivity index is 1.54. The monoisotopic (exact) mass is 414 g/mol. The molecule has 30 heavy (non-hydrogen) atoms. The largest absolute Gasteiger partial charge is 0.333 e. The first-order valence-electron chi connectivity index (χ1n) is 11.8. The Hall–Kier alpha value is -1.65. The molecule has 0 aromatic rings. The molecule has 3 fully saturated rings. The summed E-state index contributed by atoms with van der Waals surface area (Å²) in [5, 5.41) is 5.17. The maximum Gasteiger partial charge on any atom is 0.321 e. The van der Waals surface area contributed by atoms with E-state index in [2.05, 4.69) is 24.5 Å². The second-order valence-corrected chi connectivity index (χ2v) is 11.9. The summed E-state index contributed by atoms with van der Waals surface area (Å²) >= 11 is 0. The molecule has 0 aromatic carbocycles. The Bertz CT molecular complexity index is 795. The summed E-state index contributed by atoms with van der Waals surface area (Å²) in [6.07, 6.45) is 11.0. The molecular formula is C25H38N2O3. The van der Waals surface area contributed by atoms with Crippen molar-refractivity contribution >= 4 is 17.7 Å². The third-order valence-corrected chi connectivity index (χ3v) is 8.85. The van der Waals surface area contributed by atoms with Crippen molar-refractivity contribution in [2.75, 3.05) is 0 Å². The number of ketones is 1. The van der Waals surface area contributed by atoms with Crippen LogP contribution in [0.2, 0.25) is 0 Å². The zero-order chi connectivity index (χ0) is 21.9. The van der Waals surface area contributed by atoms with E-state index in [9.17, 15) is 14.4 Å². The number of fused-ring (bicyclic) bond motifs is 5. The van der Waals surface area contributed by atoms with Gasteiger partial charge < -0.3 is 5.32 Å². The number of allylic oxidation sites excluding steroid dienone is 1. The highest BCUT2D eigenvalue weighted by molar-refractivity contribution is 6.11. The van der Waals surface area contributed by atoms with Gasteiger partial charge in [0, 0.05) is 5.54 Å². The number of carbonyl (C=O) groups is 3. The van der Waals surface area contributed by atoms with Crippen LogP contribution >= 0.6 is 0 Å². The molecule has 3 amide bonds. The second kappa shape index (κ2) is 7.20. The van der Waals surface area contributed by atoms with Crippen LogP contribution in [0.5, 0.6) is 0 Å². The van der Waals surface area contributed by atoms with E-state index in [-0.39, 0.29) is 11.2 Å². The summed E-state index contributed by atoms with van der Waals surface area (Å²) in [6.45, 7) is 10.4. The van der Waals surface area contributed by atoms with E-state index in [0.29, 0.717) is 23.7 Å². The first-order valence-corrected chi connectivity index (χ1v) is 11.8. The van der Waals surface area contributed by atoms with E-state index < -0.39 is 23.4 Å². The van der Waals surface area contributed by atoms with Gasteiger partial charge in [-0.2, -0.15) is 0 Å². The summed E-state index contributed by atoms with van der Waals surface area (Å²) in [6, 6.07) is -0.527. The van der Waals surface area contributed by atoms with Crippen LogP contribution in [-0.2, 0) is 9.59 Å². The average molecular weight is 415 g/mol. The molecule has 0 bridgehead atoms. The van der Waals surface area contributed by atoms with Gasteiger partial charge in [0.1, 0.15) is 5.92 Å². The van der Waals surface area contributed by atoms with Crippen LogP contribution in [0.1, 0.15) is 86.0 Å². The first kappa shape index (κ1) is 21.6. The molecule has 0 spiro atoms. The van der Waals surface area contributed by atoms with Crippen LogP contribution in [0, 0.1) is 34.5 Å². The summed E-state index contributed by atoms with van der Waals surface area (Å²) in [5.41, 5.74) is 1.19. The van der Waals surface area contributed by atoms with E-state index in [1.807, 2.05) is 20.8 Å². The molecule has 0 heterocycles. The third kappa shape index (κ3) is 3.62. The minimum absolute atomic E-state index is 0.108. The van der Waals surface area contributed by atoms with Crippen LogP contribution in [0.3, 0.4) is 0 Å². The molecule has 4 aliphatic rings. The number of imide groups is 1. The molecule has 2 N–H and O–H groups in total. The Kier molecular flexibility index (Phi) is 5.18. The molecular weight excluding hydrogens is 376 g/mol. The highest BCUT2D eigenvalue weighted by atomic mass is 16.2. The zero-order valence-electron chi connectivity index (χ0n) is 19.3. The number of urea groups is 1. The molecule has 166 valence electrons. The number of hydrogen-bond donors (Lipinski definition) is 2. The summed E-state index contributed by atoms with van der Waals surface area (Å²) in [4.78, 5) is 37.9. The molecule has 6 atom stereocenters. The molecule has 3 saturated carbocycles. The third-order valence-electron chi connectivity index (χ3n) is 8.85. The van der Waals surface area contributed by atoms with Gasteiger partial charge in [-0.15, -0.1) is 0 Å². The van der Waals surface area contributed by atoms with Gasteiger partial charge in [0.05, 0.1) is 0 Å². The highest BCUT2D eigenvalue weighted by Crippen LogP contribution is 2.65. The topological polar surface area (TPSA) is 75.3 Å². The van der Waals surface area contributed by atoms with Gasteiger partial charge in [0.2, 0.25) is 5.91 Å². The number of rotatable bonds is 1. The fourth-order valence-corrected chi connectivity index (χ4v) is 7.43. The Morgan fingerprint density at radius 1 is 1.07 bits per heavy atom. The summed E-state index contributed by atoms with van der Waals surface area (Å²) in [7, 11) is 0. The van der Waals surface area contributed by atoms with Crippen LogP contribution < -0.4 is 10.6 Å². The van der Waals surface area contributed by atoms with Gasteiger partial charge in [-0.25, -0.2) is 4.79 Å². The minimum atomic E-state index is -0.764. The van der Waals surface area contributed by atoms with Crippen LogP contribution in [-0.4, -0.2) is 23.3 Å². The molecule has 0 aromatic heterocycles. The Labute approximate surface area is 180 Å². The van der Waals surface area contributed by atoms with E-state index in [0.717, 1.165) is 12.3 Å². The van der Waals surface area contributed by atoms with Crippen molar-refractivity contribution in [3.63, 3.8) is 0 Å². The number of nitrogens with one attached hydrogen (secondary N) is 2. The molecule has 5 heteroatoms. The number of amides is 3. The SMILES string of the molecule is CC(C)(C)NC(=O)NC(=O)C1C[C@@]2(C)C(=CC1=O)CC[C@@H]1[C@H]2CC[C@]2(C)CCC[C@@H]12. The molecule has 5 nitrogen and oxygen atoms in total. The van der Waals surface area contributed by atoms with Gasteiger partial charge in [0.15, 0.2) is 5.78 Å². The lowest BCUT2D eigenvalue weighted by molar-refractivity contribution is -0.135. The predicted molar refractivity (Wildman–Crippen MR) is 117 cm³/mol. The average Bonchev–Trinajstić information content (AvgIpc) is 3.01. The van der Waals surface area contributed by atoms with E-state index in [1.54, 1.807) is 6.08 Å². The molecule has 4 rings (SSSR count). The quantitative estimate of drug-likeness (QED) is 0.608. The molecule has 1 unspecified atom stereocenters. The van der Waals surface area contributed by atoms with Crippen molar-refractivity contribution in [1.82, 2.24) is 10.6 Å². The lowest BCUT2D eigenvalue weighted by Crippen LogP contribution is -2.54. The van der Waals surface area contributed by atoms with Gasteiger partial charge >= 0.3 is 6.03 Å². The van der Waals surface area contributed by atoms with Gasteiger partial charge in [-0.3, -0.25) is 14.9 Å². The fourth-order valence-electron chi connectivity index (χ4n) is 7.43. The van der Waals surface area contributed by atoms with Crippen LogP contribution in [0.4, 0.5) is 4.79 Å². The van der Waals surface area contributed by atoms with Crippen molar-refractivity contribution < 1.29 is 14.4 Å². The van der Waals surface area contributed by atoms with E-state index >= 15 is 0 Å². The zero-order valence-corrected chi connectivity index (χ0v) is 19.3. The normalized spacial score (nSPS) is 40.6. The maximum atomic E-state index is 12.9. The molecule has 0 saturated heterocycles. The van der Waals surface area contributed by atoms with Crippen molar-refractivity contribution in [1.29, 1.82) is 0 Å². The summed E-state index contributed by atoms with van der Waals surface area (Å²) in [5.74, 6) is 0.678. The van der Waals surface area contributed by atoms with Crippen molar-refractivity contribution in [3.8, 4) is 0 Å². The smallest absolute Gasteiger partial charge is 0.321 e. The van der Waals surface area contributed by atoms with Crippen molar-refractivity contribution in [3.05, 3.63) is 11.6 Å². The predicted octanol–water partition coefficient (Wildman–Crippen LogP) is 4.76. The Morgan fingerprint density at radius 2 is 1.80 bits per heavy atom. The molecule has 0 radical (unpaired) electrons. The van der Waals surface area contributed by atoms with Gasteiger partial charge in [0.25, 0.3) is 0 Å². The van der Waals surface area contributed by atoms with Crippen molar-refractivity contribution in [2.45, 2.75) is 91.5 Å². The van der Waals surface area contributed by atoms with Crippen molar-refractivity contribution in [2.24, 2.45) is 34.5 Å². The van der Waals surface area contributed by atoms with Crippen LogP contribution in [0.25, 0.3) is 0 Å². The molecule has 0 aliphatic heterocycles. The van der Waals surface area contributed by atoms with Gasteiger partial charge in [-0.05, 0) is 100 Å². The second-order valence-electron chi connectivity index (χ2n) is 11.9. The lowest BCUT2D eigenvalue weighted by Gasteiger charge is -2.58.